The molecule has 23 heavy (non-hydrogen) atoms. The molecule has 0 aliphatic heterocycles. The van der Waals surface area contributed by atoms with E-state index in [1.165, 1.54) is 19.3 Å². The molecule has 4 heteroatoms. The highest BCUT2D eigenvalue weighted by molar-refractivity contribution is 4.80. The first-order valence-corrected chi connectivity index (χ1v) is 9.27. The fourth-order valence-corrected chi connectivity index (χ4v) is 2.40. The molecule has 0 heterocycles. The lowest BCUT2D eigenvalue weighted by molar-refractivity contribution is -0.142. The van der Waals surface area contributed by atoms with E-state index in [1.807, 2.05) is 13.8 Å². The van der Waals surface area contributed by atoms with Crippen molar-refractivity contribution in [3.8, 4) is 0 Å². The summed E-state index contributed by atoms with van der Waals surface area (Å²) in [5, 5.41) is 8.95. The van der Waals surface area contributed by atoms with E-state index in [-0.39, 0.29) is 30.5 Å². The monoisotopic (exact) mass is 332 g/mol. The van der Waals surface area contributed by atoms with Crippen molar-refractivity contribution >= 4 is 0 Å². The summed E-state index contributed by atoms with van der Waals surface area (Å²) in [6.07, 6.45) is 4.71. The molecule has 0 rings (SSSR count). The van der Waals surface area contributed by atoms with Crippen LogP contribution in [-0.2, 0) is 14.2 Å². The number of rotatable bonds is 14. The van der Waals surface area contributed by atoms with Crippen molar-refractivity contribution in [1.29, 1.82) is 0 Å². The third-order valence-corrected chi connectivity index (χ3v) is 4.46. The van der Waals surface area contributed by atoms with E-state index >= 15 is 0 Å². The second-order valence-corrected chi connectivity index (χ2v) is 7.32. The Hall–Kier alpha value is -0.160. The van der Waals surface area contributed by atoms with Gasteiger partial charge in [-0.3, -0.25) is 0 Å². The summed E-state index contributed by atoms with van der Waals surface area (Å²) in [5.74, 6) is 0.480. The lowest BCUT2D eigenvalue weighted by Crippen LogP contribution is -2.40. The van der Waals surface area contributed by atoms with Crippen molar-refractivity contribution < 1.29 is 19.3 Å². The van der Waals surface area contributed by atoms with Crippen LogP contribution in [0.5, 0.6) is 0 Å². The number of hydrogen-bond donors (Lipinski definition) is 1. The summed E-state index contributed by atoms with van der Waals surface area (Å²) in [4.78, 5) is 0. The van der Waals surface area contributed by atoms with Crippen LogP contribution in [0.4, 0.5) is 0 Å². The van der Waals surface area contributed by atoms with Crippen LogP contribution >= 0.6 is 0 Å². The number of unbranched alkanes of at least 4 members (excludes halogenated alkanes) is 2. The quantitative estimate of drug-likeness (QED) is 0.485. The second-order valence-electron chi connectivity index (χ2n) is 7.32. The predicted molar refractivity (Wildman–Crippen MR) is 95.8 cm³/mol. The maximum Gasteiger partial charge on any atom is 0.0788 e. The molecule has 0 fully saturated rings. The fourth-order valence-electron chi connectivity index (χ4n) is 2.40. The van der Waals surface area contributed by atoms with Crippen LogP contribution in [0.3, 0.4) is 0 Å². The molecule has 4 nitrogen and oxygen atoms in total. The zero-order chi connectivity index (χ0) is 17.9. The highest BCUT2D eigenvalue weighted by Crippen LogP contribution is 2.29. The van der Waals surface area contributed by atoms with Crippen LogP contribution in [0.25, 0.3) is 0 Å². The minimum Gasteiger partial charge on any atom is -0.394 e. The topological polar surface area (TPSA) is 47.9 Å². The highest BCUT2D eigenvalue weighted by Gasteiger charge is 2.30. The van der Waals surface area contributed by atoms with Crippen LogP contribution < -0.4 is 0 Å². The molecule has 0 aromatic heterocycles. The van der Waals surface area contributed by atoms with Gasteiger partial charge in [0.15, 0.2) is 0 Å². The standard InChI is InChI=1S/C19H40O4/c1-8-9-10-11-19(7,15(2)3)23-18(6)14-22-17(5)13-21-16(4)12-20/h15-18,20H,8-14H2,1-7H3. The molecule has 0 saturated carbocycles. The summed E-state index contributed by atoms with van der Waals surface area (Å²) >= 11 is 0. The van der Waals surface area contributed by atoms with Crippen LogP contribution in [0, 0.1) is 5.92 Å². The average molecular weight is 333 g/mol. The van der Waals surface area contributed by atoms with Gasteiger partial charge in [0.2, 0.25) is 0 Å². The number of hydrogen-bond acceptors (Lipinski definition) is 4. The van der Waals surface area contributed by atoms with Gasteiger partial charge >= 0.3 is 0 Å². The van der Waals surface area contributed by atoms with Gasteiger partial charge in [0.25, 0.3) is 0 Å². The first kappa shape index (κ1) is 22.8. The molecule has 0 bridgehead atoms. The molecule has 0 aliphatic carbocycles. The first-order valence-electron chi connectivity index (χ1n) is 9.27. The summed E-state index contributed by atoms with van der Waals surface area (Å²) in [7, 11) is 0. The van der Waals surface area contributed by atoms with Gasteiger partial charge in [-0.15, -0.1) is 0 Å². The van der Waals surface area contributed by atoms with Crippen molar-refractivity contribution in [2.45, 2.75) is 98.1 Å². The Morgan fingerprint density at radius 1 is 0.870 bits per heavy atom. The molecule has 0 spiro atoms. The Kier molecular flexibility index (Phi) is 12.2. The summed E-state index contributed by atoms with van der Waals surface area (Å²) in [6, 6.07) is 0. The SMILES string of the molecule is CCCCCC(C)(OC(C)COC(C)COC(C)CO)C(C)C. The zero-order valence-corrected chi connectivity index (χ0v) is 16.4. The van der Waals surface area contributed by atoms with Crippen LogP contribution in [0.1, 0.15) is 74.1 Å². The smallest absolute Gasteiger partial charge is 0.0788 e. The van der Waals surface area contributed by atoms with Gasteiger partial charge in [0, 0.05) is 0 Å². The second kappa shape index (κ2) is 12.2. The molecule has 4 unspecified atom stereocenters. The Morgan fingerprint density at radius 2 is 1.43 bits per heavy atom. The molecular formula is C19H40O4. The molecule has 0 amide bonds. The van der Waals surface area contributed by atoms with Gasteiger partial charge < -0.3 is 19.3 Å². The number of aliphatic hydroxyl groups is 1. The normalized spacial score (nSPS) is 18.7. The molecule has 0 aliphatic rings. The predicted octanol–water partition coefficient (Wildman–Crippen LogP) is 4.19. The van der Waals surface area contributed by atoms with Gasteiger partial charge in [-0.2, -0.15) is 0 Å². The van der Waals surface area contributed by atoms with E-state index in [4.69, 9.17) is 19.3 Å². The van der Waals surface area contributed by atoms with Crippen molar-refractivity contribution in [2.75, 3.05) is 19.8 Å². The minimum atomic E-state index is -0.141. The molecule has 4 atom stereocenters. The van der Waals surface area contributed by atoms with E-state index < -0.39 is 0 Å². The van der Waals surface area contributed by atoms with Gasteiger partial charge in [0.05, 0.1) is 43.7 Å². The molecule has 0 aromatic carbocycles. The Balaban J connectivity index is 4.18. The minimum absolute atomic E-state index is 0.000414. The van der Waals surface area contributed by atoms with Crippen molar-refractivity contribution in [1.82, 2.24) is 0 Å². The third-order valence-electron chi connectivity index (χ3n) is 4.46. The molecule has 0 aromatic rings. The van der Waals surface area contributed by atoms with Crippen LogP contribution in [0.15, 0.2) is 0 Å². The van der Waals surface area contributed by atoms with E-state index in [0.29, 0.717) is 19.1 Å². The van der Waals surface area contributed by atoms with Crippen LogP contribution in [0.2, 0.25) is 0 Å². The highest BCUT2D eigenvalue weighted by atomic mass is 16.6. The van der Waals surface area contributed by atoms with Gasteiger partial charge in [-0.25, -0.2) is 0 Å². The Morgan fingerprint density at radius 3 is 1.96 bits per heavy atom. The maximum absolute atomic E-state index is 8.95. The van der Waals surface area contributed by atoms with Crippen molar-refractivity contribution in [2.24, 2.45) is 5.92 Å². The molecule has 1 N–H and O–H groups in total. The lowest BCUT2D eigenvalue weighted by atomic mass is 9.86. The van der Waals surface area contributed by atoms with Crippen molar-refractivity contribution in [3.63, 3.8) is 0 Å². The summed E-state index contributed by atoms with van der Waals surface area (Å²) in [6.45, 7) is 15.9. The zero-order valence-electron chi connectivity index (χ0n) is 16.4. The maximum atomic E-state index is 8.95. The summed E-state index contributed by atoms with van der Waals surface area (Å²) in [5.41, 5.74) is -0.0942. The fraction of sp³-hybridized carbons (Fsp3) is 1.00. The largest absolute Gasteiger partial charge is 0.394 e. The number of aliphatic hydroxyl groups excluding tert-OH is 1. The van der Waals surface area contributed by atoms with Crippen LogP contribution in [-0.4, -0.2) is 48.8 Å². The third kappa shape index (κ3) is 10.3. The molecule has 140 valence electrons. The van der Waals surface area contributed by atoms with E-state index in [9.17, 15) is 0 Å². The van der Waals surface area contributed by atoms with Gasteiger partial charge in [-0.05, 0) is 40.0 Å². The Bertz CT molecular complexity index is 283. The summed E-state index contributed by atoms with van der Waals surface area (Å²) < 4.78 is 17.6. The first-order chi connectivity index (χ1) is 10.7. The van der Waals surface area contributed by atoms with Gasteiger partial charge in [-0.1, -0.05) is 40.0 Å². The van der Waals surface area contributed by atoms with Crippen molar-refractivity contribution in [3.05, 3.63) is 0 Å². The molecular weight excluding hydrogens is 292 g/mol. The average Bonchev–Trinajstić information content (AvgIpc) is 2.50. The molecule has 0 saturated heterocycles. The van der Waals surface area contributed by atoms with E-state index in [2.05, 4.69) is 34.6 Å². The number of ether oxygens (including phenoxy) is 3. The van der Waals surface area contributed by atoms with Gasteiger partial charge in [0.1, 0.15) is 0 Å². The molecule has 0 radical (unpaired) electrons. The van der Waals surface area contributed by atoms with E-state index in [1.54, 1.807) is 0 Å². The Labute approximate surface area is 143 Å². The lowest BCUT2D eigenvalue weighted by Gasteiger charge is -2.37. The van der Waals surface area contributed by atoms with E-state index in [0.717, 1.165) is 6.42 Å².